The number of nitrogens with one attached hydrogen (secondary N) is 1. The lowest BCUT2D eigenvalue weighted by Crippen LogP contribution is -2.47. The lowest BCUT2D eigenvalue weighted by Gasteiger charge is -2.34. The van der Waals surface area contributed by atoms with Gasteiger partial charge >= 0.3 is 6.03 Å². The van der Waals surface area contributed by atoms with Gasteiger partial charge in [-0.15, -0.1) is 0 Å². The summed E-state index contributed by atoms with van der Waals surface area (Å²) in [6.45, 7) is 2.06. The van der Waals surface area contributed by atoms with Gasteiger partial charge in [-0.05, 0) is 44.7 Å². The van der Waals surface area contributed by atoms with Gasteiger partial charge in [0.15, 0.2) is 0 Å². The highest BCUT2D eigenvalue weighted by Gasteiger charge is 2.33. The average Bonchev–Trinajstić information content (AvgIpc) is 3.15. The molecule has 0 spiro atoms. The van der Waals surface area contributed by atoms with Gasteiger partial charge in [0.05, 0.1) is 0 Å². The Morgan fingerprint density at radius 1 is 0.952 bits per heavy atom. The number of benzene rings is 1. The highest BCUT2D eigenvalue weighted by atomic mass is 16.2. The molecular weight excluding hydrogens is 260 g/mol. The predicted octanol–water partition coefficient (Wildman–Crippen LogP) is 4.71. The summed E-state index contributed by atoms with van der Waals surface area (Å²) in [4.78, 5) is 15.0. The quantitative estimate of drug-likeness (QED) is 0.857. The number of amides is 2. The topological polar surface area (TPSA) is 32.3 Å². The second-order valence-corrected chi connectivity index (χ2v) is 6.58. The van der Waals surface area contributed by atoms with Crippen molar-refractivity contribution in [1.82, 2.24) is 4.90 Å². The Bertz CT molecular complexity index is 454. The number of carbonyl (C=O) groups is 1. The van der Waals surface area contributed by atoms with Crippen molar-refractivity contribution in [2.24, 2.45) is 0 Å². The van der Waals surface area contributed by atoms with Crippen molar-refractivity contribution < 1.29 is 4.79 Å². The molecule has 21 heavy (non-hydrogen) atoms. The summed E-state index contributed by atoms with van der Waals surface area (Å²) in [5, 5.41) is 3.11. The standard InChI is InChI=1S/C18H26N2O/c1-14-10-12-15(13-11-14)19-18(21)20(16-6-2-3-7-16)17-8-4-5-9-17/h10-13,16-17H,2-9H2,1H3,(H,19,21). The fraction of sp³-hybridized carbons (Fsp3) is 0.611. The van der Waals surface area contributed by atoms with E-state index in [9.17, 15) is 4.79 Å². The van der Waals surface area contributed by atoms with Crippen LogP contribution in [-0.2, 0) is 0 Å². The summed E-state index contributed by atoms with van der Waals surface area (Å²) in [6.07, 6.45) is 9.79. The van der Waals surface area contributed by atoms with E-state index in [0.29, 0.717) is 12.1 Å². The number of urea groups is 1. The van der Waals surface area contributed by atoms with E-state index in [4.69, 9.17) is 0 Å². The Labute approximate surface area is 127 Å². The molecule has 2 aliphatic rings. The zero-order valence-electron chi connectivity index (χ0n) is 13.0. The van der Waals surface area contributed by atoms with Gasteiger partial charge in [-0.1, -0.05) is 43.4 Å². The third-order valence-electron chi connectivity index (χ3n) is 4.97. The fourth-order valence-corrected chi connectivity index (χ4v) is 3.82. The van der Waals surface area contributed by atoms with Gasteiger partial charge in [0.25, 0.3) is 0 Å². The molecule has 2 aliphatic carbocycles. The first-order valence-corrected chi connectivity index (χ1v) is 8.40. The van der Waals surface area contributed by atoms with E-state index >= 15 is 0 Å². The summed E-state index contributed by atoms with van der Waals surface area (Å²) in [5.41, 5.74) is 2.13. The monoisotopic (exact) mass is 286 g/mol. The van der Waals surface area contributed by atoms with Crippen LogP contribution < -0.4 is 5.32 Å². The minimum absolute atomic E-state index is 0.109. The fourth-order valence-electron chi connectivity index (χ4n) is 3.82. The van der Waals surface area contributed by atoms with Crippen molar-refractivity contribution in [2.75, 3.05) is 5.32 Å². The largest absolute Gasteiger partial charge is 0.322 e. The van der Waals surface area contributed by atoms with Gasteiger partial charge in [-0.2, -0.15) is 0 Å². The highest BCUT2D eigenvalue weighted by molar-refractivity contribution is 5.89. The Hall–Kier alpha value is -1.51. The molecule has 0 radical (unpaired) electrons. The zero-order chi connectivity index (χ0) is 14.7. The van der Waals surface area contributed by atoms with Crippen LogP contribution in [0.2, 0.25) is 0 Å². The van der Waals surface area contributed by atoms with Gasteiger partial charge in [-0.3, -0.25) is 0 Å². The van der Waals surface area contributed by atoms with Crippen LogP contribution in [0.5, 0.6) is 0 Å². The molecule has 1 aromatic rings. The van der Waals surface area contributed by atoms with Crippen LogP contribution in [0.3, 0.4) is 0 Å². The lowest BCUT2D eigenvalue weighted by molar-refractivity contribution is 0.157. The molecule has 1 aromatic carbocycles. The molecule has 0 saturated heterocycles. The summed E-state index contributed by atoms with van der Waals surface area (Å²) >= 11 is 0. The second kappa shape index (κ2) is 6.50. The molecule has 0 atom stereocenters. The number of rotatable bonds is 3. The first kappa shape index (κ1) is 14.4. The molecular formula is C18H26N2O. The first-order chi connectivity index (χ1) is 10.2. The maximum Gasteiger partial charge on any atom is 0.322 e. The molecule has 3 nitrogen and oxygen atoms in total. The SMILES string of the molecule is Cc1ccc(NC(=O)N(C2CCCC2)C2CCCC2)cc1. The summed E-state index contributed by atoms with van der Waals surface area (Å²) in [7, 11) is 0. The molecule has 3 rings (SSSR count). The van der Waals surface area contributed by atoms with E-state index in [2.05, 4.69) is 17.1 Å². The highest BCUT2D eigenvalue weighted by Crippen LogP contribution is 2.32. The maximum absolute atomic E-state index is 12.8. The number of anilines is 1. The van der Waals surface area contributed by atoms with Gasteiger partial charge in [-0.25, -0.2) is 4.79 Å². The van der Waals surface area contributed by atoms with Crippen molar-refractivity contribution in [3.63, 3.8) is 0 Å². The third-order valence-corrected chi connectivity index (χ3v) is 4.97. The van der Waals surface area contributed by atoms with E-state index < -0.39 is 0 Å². The summed E-state index contributed by atoms with van der Waals surface area (Å²) < 4.78 is 0. The second-order valence-electron chi connectivity index (χ2n) is 6.58. The van der Waals surface area contributed by atoms with Gasteiger partial charge < -0.3 is 10.2 Å². The van der Waals surface area contributed by atoms with Crippen molar-refractivity contribution in [3.05, 3.63) is 29.8 Å². The van der Waals surface area contributed by atoms with E-state index in [1.54, 1.807) is 0 Å². The van der Waals surface area contributed by atoms with Crippen molar-refractivity contribution in [3.8, 4) is 0 Å². The molecule has 2 amide bonds. The van der Waals surface area contributed by atoms with Crippen LogP contribution in [0.15, 0.2) is 24.3 Å². The molecule has 0 bridgehead atoms. The minimum atomic E-state index is 0.109. The van der Waals surface area contributed by atoms with Crippen molar-refractivity contribution in [2.45, 2.75) is 70.4 Å². The van der Waals surface area contributed by atoms with Gasteiger partial charge in [0.1, 0.15) is 0 Å². The summed E-state index contributed by atoms with van der Waals surface area (Å²) in [6, 6.07) is 9.11. The van der Waals surface area contributed by atoms with Crippen LogP contribution in [0.25, 0.3) is 0 Å². The molecule has 114 valence electrons. The maximum atomic E-state index is 12.8. The van der Waals surface area contributed by atoms with Gasteiger partial charge in [0, 0.05) is 17.8 Å². The van der Waals surface area contributed by atoms with Gasteiger partial charge in [0.2, 0.25) is 0 Å². The molecule has 0 heterocycles. The Kier molecular flexibility index (Phi) is 4.47. The van der Waals surface area contributed by atoms with Crippen molar-refractivity contribution in [1.29, 1.82) is 0 Å². The molecule has 1 N–H and O–H groups in total. The minimum Gasteiger partial charge on any atom is -0.319 e. The van der Waals surface area contributed by atoms with E-state index in [1.807, 2.05) is 24.3 Å². The molecule has 0 aromatic heterocycles. The third kappa shape index (κ3) is 3.39. The number of hydrogen-bond donors (Lipinski definition) is 1. The average molecular weight is 286 g/mol. The van der Waals surface area contributed by atoms with Crippen LogP contribution in [-0.4, -0.2) is 23.0 Å². The number of nitrogens with zero attached hydrogens (tertiary/aromatic N) is 1. The molecule has 0 unspecified atom stereocenters. The smallest absolute Gasteiger partial charge is 0.319 e. The molecule has 3 heteroatoms. The molecule has 0 aliphatic heterocycles. The Morgan fingerprint density at radius 2 is 1.43 bits per heavy atom. The number of aryl methyl sites for hydroxylation is 1. The van der Waals surface area contributed by atoms with E-state index in [0.717, 1.165) is 5.69 Å². The number of carbonyl (C=O) groups excluding carboxylic acids is 1. The van der Waals surface area contributed by atoms with E-state index in [1.165, 1.54) is 56.9 Å². The van der Waals surface area contributed by atoms with E-state index in [-0.39, 0.29) is 6.03 Å². The zero-order valence-corrected chi connectivity index (χ0v) is 13.0. The Balaban J connectivity index is 1.71. The van der Waals surface area contributed by atoms with Crippen molar-refractivity contribution >= 4 is 11.7 Å². The first-order valence-electron chi connectivity index (χ1n) is 8.40. The summed E-state index contributed by atoms with van der Waals surface area (Å²) in [5.74, 6) is 0. The van der Waals surface area contributed by atoms with Crippen LogP contribution in [0.4, 0.5) is 10.5 Å². The molecule has 2 saturated carbocycles. The number of hydrogen-bond acceptors (Lipinski definition) is 1. The van der Waals surface area contributed by atoms with Crippen LogP contribution in [0, 0.1) is 6.92 Å². The molecule has 2 fully saturated rings. The lowest BCUT2D eigenvalue weighted by atomic mass is 10.1. The Morgan fingerprint density at radius 3 is 1.90 bits per heavy atom. The van der Waals surface area contributed by atoms with Crippen LogP contribution in [0.1, 0.15) is 56.9 Å². The normalized spacial score (nSPS) is 19.9. The predicted molar refractivity (Wildman–Crippen MR) is 86.5 cm³/mol. The van der Waals surface area contributed by atoms with Crippen LogP contribution >= 0.6 is 0 Å².